The summed E-state index contributed by atoms with van der Waals surface area (Å²) >= 11 is 19.5. The number of amides is 2. The minimum Gasteiger partial charge on any atom is -0.487 e. The molecule has 0 aromatic heterocycles. The van der Waals surface area contributed by atoms with Crippen LogP contribution in [0.5, 0.6) is 5.75 Å². The standard InChI is InChI=1S/C19H13Cl3N2O3S/c1-10(25)23-19-24-18(26)16(28-19)7-12-6-14(21)8-15(22)17(12)27-9-11-3-2-4-13(20)5-11/h2-8H,9H2,1H3,(H,23,24,25,26)/b16-7+. The highest BCUT2D eigenvalue weighted by Crippen LogP contribution is 2.37. The first kappa shape index (κ1) is 20.7. The van der Waals surface area contributed by atoms with Crippen LogP contribution in [0, 0.1) is 0 Å². The second-order valence-corrected chi connectivity index (χ2v) is 8.05. The van der Waals surface area contributed by atoms with Crippen molar-refractivity contribution in [1.82, 2.24) is 5.32 Å². The van der Waals surface area contributed by atoms with Crippen LogP contribution in [0.25, 0.3) is 6.08 Å². The van der Waals surface area contributed by atoms with Gasteiger partial charge >= 0.3 is 0 Å². The number of thioether (sulfide) groups is 1. The van der Waals surface area contributed by atoms with Gasteiger partial charge in [-0.3, -0.25) is 9.59 Å². The number of carbonyl (C=O) groups excluding carboxylic acids is 2. The lowest BCUT2D eigenvalue weighted by Gasteiger charge is -2.12. The molecule has 144 valence electrons. The SMILES string of the molecule is CC(=O)NC1=NC(=O)/C(=C\c2cc(Cl)cc(Cl)c2OCc2cccc(Cl)c2)S1. The molecule has 1 aliphatic rings. The number of benzene rings is 2. The average molecular weight is 456 g/mol. The maximum atomic E-state index is 12.1. The van der Waals surface area contributed by atoms with Crippen molar-refractivity contribution in [2.24, 2.45) is 4.99 Å². The number of nitrogens with one attached hydrogen (secondary N) is 1. The molecule has 5 nitrogen and oxygen atoms in total. The van der Waals surface area contributed by atoms with Crippen molar-refractivity contribution in [1.29, 1.82) is 0 Å². The lowest BCUT2D eigenvalue weighted by Crippen LogP contribution is -2.23. The van der Waals surface area contributed by atoms with Gasteiger partial charge in [0.05, 0.1) is 9.93 Å². The first-order valence-electron chi connectivity index (χ1n) is 7.98. The van der Waals surface area contributed by atoms with Gasteiger partial charge in [0, 0.05) is 22.5 Å². The van der Waals surface area contributed by atoms with Gasteiger partial charge in [0.1, 0.15) is 12.4 Å². The Bertz CT molecular complexity index is 1020. The lowest BCUT2D eigenvalue weighted by molar-refractivity contribution is -0.117. The molecule has 0 unspecified atom stereocenters. The molecule has 0 aliphatic carbocycles. The maximum absolute atomic E-state index is 12.1. The second-order valence-electron chi connectivity index (χ2n) is 5.74. The summed E-state index contributed by atoms with van der Waals surface area (Å²) in [6, 6.07) is 10.4. The highest BCUT2D eigenvalue weighted by molar-refractivity contribution is 8.18. The molecule has 1 N–H and O–H groups in total. The molecule has 1 heterocycles. The molecule has 0 fully saturated rings. The zero-order valence-electron chi connectivity index (χ0n) is 14.5. The summed E-state index contributed by atoms with van der Waals surface area (Å²) in [5, 5.41) is 4.01. The average Bonchev–Trinajstić information content (AvgIpc) is 2.92. The highest BCUT2D eigenvalue weighted by Gasteiger charge is 2.23. The van der Waals surface area contributed by atoms with Crippen molar-refractivity contribution in [2.45, 2.75) is 13.5 Å². The van der Waals surface area contributed by atoms with Crippen molar-refractivity contribution in [2.75, 3.05) is 0 Å². The molecule has 1 aliphatic heterocycles. The van der Waals surface area contributed by atoms with Crippen molar-refractivity contribution in [3.8, 4) is 5.75 Å². The minimum atomic E-state index is -0.467. The van der Waals surface area contributed by atoms with E-state index in [1.165, 1.54) is 6.92 Å². The van der Waals surface area contributed by atoms with Crippen LogP contribution >= 0.6 is 46.6 Å². The molecule has 0 saturated heterocycles. The fourth-order valence-electron chi connectivity index (χ4n) is 2.38. The van der Waals surface area contributed by atoms with Crippen molar-refractivity contribution in [3.63, 3.8) is 0 Å². The third-order valence-electron chi connectivity index (χ3n) is 3.50. The van der Waals surface area contributed by atoms with Crippen molar-refractivity contribution >= 4 is 69.6 Å². The van der Waals surface area contributed by atoms with Crippen LogP contribution < -0.4 is 10.1 Å². The highest BCUT2D eigenvalue weighted by atomic mass is 35.5. The summed E-state index contributed by atoms with van der Waals surface area (Å²) in [7, 11) is 0. The van der Waals surface area contributed by atoms with Crippen molar-refractivity contribution in [3.05, 3.63) is 67.5 Å². The van der Waals surface area contributed by atoms with Crippen LogP contribution in [0.3, 0.4) is 0 Å². The molecular weight excluding hydrogens is 443 g/mol. The third-order valence-corrected chi connectivity index (χ3v) is 5.13. The molecule has 0 saturated carbocycles. The number of carbonyl (C=O) groups is 2. The number of amidine groups is 1. The topological polar surface area (TPSA) is 67.8 Å². The molecular formula is C19H13Cl3N2O3S. The summed E-state index contributed by atoms with van der Waals surface area (Å²) in [6.45, 7) is 1.57. The van der Waals surface area contributed by atoms with Gasteiger partial charge in [-0.25, -0.2) is 0 Å². The molecule has 0 atom stereocenters. The monoisotopic (exact) mass is 454 g/mol. The second kappa shape index (κ2) is 9.01. The fraction of sp³-hybridized carbons (Fsp3) is 0.105. The maximum Gasteiger partial charge on any atom is 0.286 e. The predicted octanol–water partition coefficient (Wildman–Crippen LogP) is 5.33. The predicted molar refractivity (Wildman–Crippen MR) is 114 cm³/mol. The Morgan fingerprint density at radius 2 is 2.00 bits per heavy atom. The molecule has 28 heavy (non-hydrogen) atoms. The summed E-state index contributed by atoms with van der Waals surface area (Å²) in [6.07, 6.45) is 1.58. The molecule has 2 amide bonds. The van der Waals surface area contributed by atoms with Crippen LogP contribution in [-0.2, 0) is 16.2 Å². The zero-order chi connectivity index (χ0) is 20.3. The Hall–Kier alpha value is -1.99. The summed E-state index contributed by atoms with van der Waals surface area (Å²) in [5.74, 6) is -0.401. The van der Waals surface area contributed by atoms with Crippen LogP contribution in [0.4, 0.5) is 0 Å². The van der Waals surface area contributed by atoms with E-state index in [4.69, 9.17) is 39.5 Å². The van der Waals surface area contributed by atoms with Crippen LogP contribution in [0.15, 0.2) is 46.3 Å². The van der Waals surface area contributed by atoms with Gasteiger partial charge in [0.2, 0.25) is 5.91 Å². The van der Waals surface area contributed by atoms with Gasteiger partial charge in [0.15, 0.2) is 5.17 Å². The van der Waals surface area contributed by atoms with Gasteiger partial charge in [-0.05, 0) is 47.7 Å². The van der Waals surface area contributed by atoms with E-state index in [9.17, 15) is 9.59 Å². The molecule has 0 spiro atoms. The minimum absolute atomic E-state index is 0.221. The number of hydrogen-bond donors (Lipinski definition) is 1. The van der Waals surface area contributed by atoms with E-state index in [1.54, 1.807) is 30.3 Å². The number of hydrogen-bond acceptors (Lipinski definition) is 4. The van der Waals surface area contributed by atoms with E-state index in [0.717, 1.165) is 17.3 Å². The van der Waals surface area contributed by atoms with E-state index in [1.807, 2.05) is 12.1 Å². The summed E-state index contributed by atoms with van der Waals surface area (Å²) < 4.78 is 5.88. The Morgan fingerprint density at radius 1 is 1.21 bits per heavy atom. The first-order chi connectivity index (χ1) is 13.3. The molecule has 0 bridgehead atoms. The molecule has 0 radical (unpaired) electrons. The quantitative estimate of drug-likeness (QED) is 0.633. The zero-order valence-corrected chi connectivity index (χ0v) is 17.5. The number of halogens is 3. The van der Waals surface area contributed by atoms with Crippen molar-refractivity contribution < 1.29 is 14.3 Å². The van der Waals surface area contributed by atoms with Gasteiger partial charge in [0.25, 0.3) is 5.91 Å². The number of nitrogens with zero attached hydrogens (tertiary/aromatic N) is 1. The van der Waals surface area contributed by atoms with E-state index < -0.39 is 5.91 Å². The van der Waals surface area contributed by atoms with Gasteiger partial charge in [-0.15, -0.1) is 0 Å². The van der Waals surface area contributed by atoms with Crippen LogP contribution in [0.2, 0.25) is 15.1 Å². The summed E-state index contributed by atoms with van der Waals surface area (Å²) in [4.78, 5) is 27.4. The smallest absolute Gasteiger partial charge is 0.286 e. The number of ether oxygens (including phenoxy) is 1. The largest absolute Gasteiger partial charge is 0.487 e. The van der Waals surface area contributed by atoms with Gasteiger partial charge in [-0.2, -0.15) is 4.99 Å². The Morgan fingerprint density at radius 3 is 2.71 bits per heavy atom. The van der Waals surface area contributed by atoms with Gasteiger partial charge < -0.3 is 10.1 Å². The Labute approximate surface area is 180 Å². The number of aliphatic imine (C=N–C) groups is 1. The summed E-state index contributed by atoms with van der Waals surface area (Å²) in [5.41, 5.74) is 1.38. The van der Waals surface area contributed by atoms with Crippen LogP contribution in [-0.4, -0.2) is 17.0 Å². The van der Waals surface area contributed by atoms with E-state index in [0.29, 0.717) is 31.3 Å². The fourth-order valence-corrected chi connectivity index (χ4v) is 4.00. The van der Waals surface area contributed by atoms with E-state index >= 15 is 0 Å². The van der Waals surface area contributed by atoms with E-state index in [-0.39, 0.29) is 17.7 Å². The molecule has 9 heteroatoms. The number of rotatable bonds is 4. The third kappa shape index (κ3) is 5.29. The first-order valence-corrected chi connectivity index (χ1v) is 9.93. The van der Waals surface area contributed by atoms with E-state index in [2.05, 4.69) is 10.3 Å². The molecule has 2 aromatic carbocycles. The van der Waals surface area contributed by atoms with Crippen LogP contribution in [0.1, 0.15) is 18.1 Å². The lowest BCUT2D eigenvalue weighted by atomic mass is 10.1. The molecule has 2 aromatic rings. The normalized spacial score (nSPS) is 14.9. The Balaban J connectivity index is 1.87. The Kier molecular flexibility index (Phi) is 6.67. The molecule has 3 rings (SSSR count). The van der Waals surface area contributed by atoms with Gasteiger partial charge in [-0.1, -0.05) is 46.9 Å².